The largest absolute Gasteiger partial charge is 0.424 e. The van der Waals surface area contributed by atoms with E-state index in [1.165, 1.54) is 0 Å². The van der Waals surface area contributed by atoms with E-state index in [2.05, 4.69) is 25.1 Å². The molecule has 10 nitrogen and oxygen atoms in total. The van der Waals surface area contributed by atoms with Gasteiger partial charge >= 0.3 is 0 Å². The Morgan fingerprint density at radius 3 is 2.69 bits per heavy atom. The maximum absolute atomic E-state index is 12.8. The zero-order valence-electron chi connectivity index (χ0n) is 17.5. The van der Waals surface area contributed by atoms with Gasteiger partial charge in [0.15, 0.2) is 15.7 Å². The van der Waals surface area contributed by atoms with Gasteiger partial charge in [0.1, 0.15) is 11.6 Å². The number of rotatable bonds is 6. The number of aryl methyl sites for hydroxylation is 1. The molecule has 32 heavy (non-hydrogen) atoms. The van der Waals surface area contributed by atoms with Crippen LogP contribution in [0.4, 0.5) is 5.82 Å². The molecule has 1 aromatic carbocycles. The summed E-state index contributed by atoms with van der Waals surface area (Å²) in [6, 6.07) is 9.59. The fraction of sp³-hybridized carbons (Fsp3) is 0.333. The molecule has 1 aliphatic heterocycles. The molecule has 0 radical (unpaired) electrons. The van der Waals surface area contributed by atoms with Crippen LogP contribution in [-0.2, 0) is 26.1 Å². The summed E-state index contributed by atoms with van der Waals surface area (Å²) >= 11 is 0. The Morgan fingerprint density at radius 2 is 1.91 bits per heavy atom. The molecule has 0 spiro atoms. The summed E-state index contributed by atoms with van der Waals surface area (Å²) in [4.78, 5) is 14.6. The average molecular weight is 455 g/mol. The molecule has 3 aromatic heterocycles. The van der Waals surface area contributed by atoms with Gasteiger partial charge < -0.3 is 19.0 Å². The third-order valence-electron chi connectivity index (χ3n) is 5.19. The molecule has 1 aliphatic rings. The Labute approximate surface area is 184 Å². The first kappa shape index (κ1) is 20.6. The van der Waals surface area contributed by atoms with Gasteiger partial charge in [-0.05, 0) is 24.3 Å². The highest BCUT2D eigenvalue weighted by atomic mass is 32.2. The molecule has 0 atom stereocenters. The van der Waals surface area contributed by atoms with Crippen molar-refractivity contribution in [1.29, 1.82) is 0 Å². The lowest BCUT2D eigenvalue weighted by Gasteiger charge is -2.28. The number of H-pyrrole nitrogens is 1. The minimum absolute atomic E-state index is 0.0723. The summed E-state index contributed by atoms with van der Waals surface area (Å²) in [5.41, 5.74) is 2.25. The molecule has 1 fully saturated rings. The number of anilines is 1. The number of morpholine rings is 1. The maximum atomic E-state index is 12.8. The summed E-state index contributed by atoms with van der Waals surface area (Å²) in [5, 5.41) is 8.53. The second-order valence-electron chi connectivity index (χ2n) is 7.67. The van der Waals surface area contributed by atoms with Gasteiger partial charge in [-0.25, -0.2) is 18.4 Å². The van der Waals surface area contributed by atoms with Crippen LogP contribution in [0.25, 0.3) is 22.3 Å². The number of benzene rings is 1. The topological polar surface area (TPSA) is 127 Å². The molecule has 0 saturated carbocycles. The molecule has 4 heterocycles. The van der Waals surface area contributed by atoms with Crippen LogP contribution in [0.1, 0.15) is 17.5 Å². The first-order valence-corrected chi connectivity index (χ1v) is 12.0. The highest BCUT2D eigenvalue weighted by Crippen LogP contribution is 2.25. The number of hydrogen-bond donors (Lipinski definition) is 1. The first-order valence-electron chi connectivity index (χ1n) is 10.2. The van der Waals surface area contributed by atoms with Crippen LogP contribution in [0.5, 0.6) is 0 Å². The third kappa shape index (κ3) is 4.48. The van der Waals surface area contributed by atoms with Crippen LogP contribution < -0.4 is 4.90 Å². The maximum Gasteiger partial charge on any atom is 0.231 e. The van der Waals surface area contributed by atoms with Gasteiger partial charge in [0.25, 0.3) is 0 Å². The molecule has 166 valence electrons. The lowest BCUT2D eigenvalue weighted by atomic mass is 10.1. The van der Waals surface area contributed by atoms with E-state index in [-0.39, 0.29) is 17.4 Å². The molecule has 5 rings (SSSR count). The summed E-state index contributed by atoms with van der Waals surface area (Å²) in [5.74, 6) is 0.975. The van der Waals surface area contributed by atoms with Crippen LogP contribution >= 0.6 is 0 Å². The van der Waals surface area contributed by atoms with Crippen molar-refractivity contribution in [3.8, 4) is 11.4 Å². The Kier molecular flexibility index (Phi) is 5.35. The Balaban J connectivity index is 1.51. The predicted octanol–water partition coefficient (Wildman–Crippen LogP) is 2.27. The van der Waals surface area contributed by atoms with E-state index >= 15 is 0 Å². The van der Waals surface area contributed by atoms with Crippen molar-refractivity contribution in [2.45, 2.75) is 18.4 Å². The number of nitrogens with one attached hydrogen (secondary N) is 1. The summed E-state index contributed by atoms with van der Waals surface area (Å²) in [7, 11) is -3.58. The lowest BCUT2D eigenvalue weighted by molar-refractivity contribution is 0.122. The van der Waals surface area contributed by atoms with Crippen molar-refractivity contribution in [3.63, 3.8) is 0 Å². The number of nitrogens with zero attached hydrogens (tertiary/aromatic N) is 5. The van der Waals surface area contributed by atoms with Gasteiger partial charge in [-0.15, -0.1) is 10.2 Å². The predicted molar refractivity (Wildman–Crippen MR) is 118 cm³/mol. The smallest absolute Gasteiger partial charge is 0.231 e. The van der Waals surface area contributed by atoms with Gasteiger partial charge in [0, 0.05) is 48.7 Å². The van der Waals surface area contributed by atoms with E-state index in [9.17, 15) is 8.42 Å². The quantitative estimate of drug-likeness (QED) is 0.467. The Hall–Kier alpha value is -3.31. The zero-order chi connectivity index (χ0) is 22.1. The van der Waals surface area contributed by atoms with Crippen molar-refractivity contribution in [2.24, 2.45) is 0 Å². The van der Waals surface area contributed by atoms with Crippen LogP contribution in [0.3, 0.4) is 0 Å². The molecular weight excluding hydrogens is 432 g/mol. The van der Waals surface area contributed by atoms with Crippen molar-refractivity contribution in [2.75, 3.05) is 31.2 Å². The second kappa shape index (κ2) is 8.32. The molecule has 0 bridgehead atoms. The summed E-state index contributed by atoms with van der Waals surface area (Å²) < 4.78 is 36.3. The molecule has 0 amide bonds. The zero-order valence-corrected chi connectivity index (χ0v) is 18.3. The number of aromatic nitrogens is 5. The Bertz CT molecular complexity index is 1360. The summed E-state index contributed by atoms with van der Waals surface area (Å²) in [6.45, 7) is 4.18. The second-order valence-corrected chi connectivity index (χ2v) is 9.73. The molecule has 1 N–H and O–H groups in total. The van der Waals surface area contributed by atoms with E-state index in [0.717, 1.165) is 16.5 Å². The fourth-order valence-electron chi connectivity index (χ4n) is 3.69. The van der Waals surface area contributed by atoms with E-state index in [1.54, 1.807) is 13.0 Å². The normalized spacial score (nSPS) is 14.8. The van der Waals surface area contributed by atoms with E-state index in [4.69, 9.17) is 14.1 Å². The van der Waals surface area contributed by atoms with Gasteiger partial charge in [0.2, 0.25) is 11.8 Å². The average Bonchev–Trinajstić information content (AvgIpc) is 3.41. The molecule has 0 unspecified atom stereocenters. The highest BCUT2D eigenvalue weighted by Gasteiger charge is 2.21. The Morgan fingerprint density at radius 1 is 1.06 bits per heavy atom. The van der Waals surface area contributed by atoms with Crippen molar-refractivity contribution < 1.29 is 17.6 Å². The number of ether oxygens (including phenoxy) is 1. The van der Waals surface area contributed by atoms with E-state index < -0.39 is 9.84 Å². The fourth-order valence-corrected chi connectivity index (χ4v) is 4.89. The third-order valence-corrected chi connectivity index (χ3v) is 6.61. The minimum atomic E-state index is -3.58. The molecule has 0 aliphatic carbocycles. The lowest BCUT2D eigenvalue weighted by Crippen LogP contribution is -2.37. The SMILES string of the molecule is Cc1nnc(CS(=O)(=O)Cc2cc(N3CCOCC3)nc(-c3ccc4[nH]ccc4c3)n2)o1. The van der Waals surface area contributed by atoms with Crippen molar-refractivity contribution >= 4 is 26.6 Å². The molecule has 11 heteroatoms. The van der Waals surface area contributed by atoms with Crippen molar-refractivity contribution in [3.05, 3.63) is 54.0 Å². The van der Waals surface area contributed by atoms with Crippen LogP contribution in [-0.4, -0.2) is 59.9 Å². The van der Waals surface area contributed by atoms with Crippen LogP contribution in [0, 0.1) is 6.92 Å². The summed E-state index contributed by atoms with van der Waals surface area (Å²) in [6.07, 6.45) is 1.87. The van der Waals surface area contributed by atoms with Crippen LogP contribution in [0.15, 0.2) is 40.9 Å². The van der Waals surface area contributed by atoms with Gasteiger partial charge in [-0.1, -0.05) is 0 Å². The van der Waals surface area contributed by atoms with Crippen LogP contribution in [0.2, 0.25) is 0 Å². The monoisotopic (exact) mass is 454 g/mol. The van der Waals surface area contributed by atoms with Gasteiger partial charge in [-0.3, -0.25) is 0 Å². The molecular formula is C21H22N6O4S. The highest BCUT2D eigenvalue weighted by molar-refractivity contribution is 7.89. The number of fused-ring (bicyclic) bond motifs is 1. The number of hydrogen-bond acceptors (Lipinski definition) is 9. The van der Waals surface area contributed by atoms with E-state index in [1.807, 2.05) is 30.5 Å². The number of aromatic amines is 1. The van der Waals surface area contributed by atoms with Crippen molar-refractivity contribution in [1.82, 2.24) is 25.1 Å². The first-order chi connectivity index (χ1) is 15.4. The number of sulfone groups is 1. The van der Waals surface area contributed by atoms with Gasteiger partial charge in [-0.2, -0.15) is 0 Å². The van der Waals surface area contributed by atoms with E-state index in [0.29, 0.717) is 49.5 Å². The molecule has 4 aromatic rings. The standard InChI is InChI=1S/C21H22N6O4S/c1-14-25-26-20(31-14)13-32(28,29)12-17-11-19(27-6-8-30-9-7-27)24-21(23-17)16-2-3-18-15(10-16)4-5-22-18/h2-5,10-11,22H,6-9,12-13H2,1H3. The van der Waals surface area contributed by atoms with Gasteiger partial charge in [0.05, 0.1) is 24.7 Å². The minimum Gasteiger partial charge on any atom is -0.424 e. The molecule has 1 saturated heterocycles.